The number of aromatic nitrogens is 1. The number of piperidine rings is 1. The van der Waals surface area contributed by atoms with Gasteiger partial charge in [0.2, 0.25) is 0 Å². The first-order chi connectivity index (χ1) is 9.74. The molecule has 20 heavy (non-hydrogen) atoms. The van der Waals surface area contributed by atoms with Crippen molar-refractivity contribution in [2.24, 2.45) is 0 Å². The SMILES string of the molecule is Cc1ccc2onc(CNC(=O)N3CCCCC3)c2c1. The second-order valence-electron chi connectivity index (χ2n) is 5.34. The molecule has 0 atom stereocenters. The number of hydrogen-bond acceptors (Lipinski definition) is 3. The third-order valence-corrected chi connectivity index (χ3v) is 3.75. The molecule has 5 heteroatoms. The Hall–Kier alpha value is -2.04. The third-order valence-electron chi connectivity index (χ3n) is 3.75. The summed E-state index contributed by atoms with van der Waals surface area (Å²) in [7, 11) is 0. The van der Waals surface area contributed by atoms with E-state index in [9.17, 15) is 4.79 Å². The highest BCUT2D eigenvalue weighted by Gasteiger charge is 2.17. The molecule has 1 N–H and O–H groups in total. The van der Waals surface area contributed by atoms with Crippen LogP contribution in [0, 0.1) is 6.92 Å². The van der Waals surface area contributed by atoms with E-state index < -0.39 is 0 Å². The maximum absolute atomic E-state index is 12.1. The lowest BCUT2D eigenvalue weighted by atomic mass is 10.1. The Morgan fingerprint density at radius 3 is 2.95 bits per heavy atom. The van der Waals surface area contributed by atoms with E-state index >= 15 is 0 Å². The second-order valence-corrected chi connectivity index (χ2v) is 5.34. The average Bonchev–Trinajstić information content (AvgIpc) is 2.88. The lowest BCUT2D eigenvalue weighted by Crippen LogP contribution is -2.42. The van der Waals surface area contributed by atoms with Crippen LogP contribution in [0.5, 0.6) is 0 Å². The Balaban J connectivity index is 1.67. The highest BCUT2D eigenvalue weighted by atomic mass is 16.5. The summed E-state index contributed by atoms with van der Waals surface area (Å²) < 4.78 is 5.27. The van der Waals surface area contributed by atoms with Crippen molar-refractivity contribution in [2.75, 3.05) is 13.1 Å². The summed E-state index contributed by atoms with van der Waals surface area (Å²) in [5, 5.41) is 7.95. The summed E-state index contributed by atoms with van der Waals surface area (Å²) in [5.74, 6) is 0. The molecule has 2 amide bonds. The molecular weight excluding hydrogens is 254 g/mol. The van der Waals surface area contributed by atoms with Crippen molar-refractivity contribution in [1.29, 1.82) is 0 Å². The molecule has 106 valence electrons. The number of fused-ring (bicyclic) bond motifs is 1. The molecule has 5 nitrogen and oxygen atoms in total. The number of rotatable bonds is 2. The van der Waals surface area contributed by atoms with Crippen molar-refractivity contribution in [1.82, 2.24) is 15.4 Å². The molecule has 1 aromatic carbocycles. The minimum Gasteiger partial charge on any atom is -0.356 e. The number of urea groups is 1. The zero-order valence-corrected chi connectivity index (χ0v) is 11.7. The molecule has 0 unspecified atom stereocenters. The first-order valence-electron chi connectivity index (χ1n) is 7.12. The lowest BCUT2D eigenvalue weighted by Gasteiger charge is -2.26. The van der Waals surface area contributed by atoms with Gasteiger partial charge >= 0.3 is 6.03 Å². The molecule has 3 rings (SSSR count). The summed E-state index contributed by atoms with van der Waals surface area (Å²) >= 11 is 0. The summed E-state index contributed by atoms with van der Waals surface area (Å²) in [6.45, 7) is 4.14. The fourth-order valence-electron chi connectivity index (χ4n) is 2.60. The van der Waals surface area contributed by atoms with Crippen molar-refractivity contribution in [3.63, 3.8) is 0 Å². The van der Waals surface area contributed by atoms with E-state index in [0.717, 1.165) is 48.2 Å². The number of likely N-dealkylation sites (tertiary alicyclic amines) is 1. The Morgan fingerprint density at radius 1 is 1.35 bits per heavy atom. The Labute approximate surface area is 117 Å². The van der Waals surface area contributed by atoms with E-state index in [0.29, 0.717) is 6.54 Å². The van der Waals surface area contributed by atoms with Gasteiger partial charge in [0.1, 0.15) is 5.69 Å². The normalized spacial score (nSPS) is 15.6. The molecule has 1 aliphatic heterocycles. The van der Waals surface area contributed by atoms with Crippen molar-refractivity contribution < 1.29 is 9.32 Å². The summed E-state index contributed by atoms with van der Waals surface area (Å²) in [4.78, 5) is 13.9. The van der Waals surface area contributed by atoms with Crippen LogP contribution in [-0.4, -0.2) is 29.2 Å². The summed E-state index contributed by atoms with van der Waals surface area (Å²) in [6, 6.07) is 5.93. The Morgan fingerprint density at radius 2 is 2.15 bits per heavy atom. The zero-order valence-electron chi connectivity index (χ0n) is 11.7. The number of nitrogens with one attached hydrogen (secondary N) is 1. The number of carbonyl (C=O) groups excluding carboxylic acids is 1. The van der Waals surface area contributed by atoms with Crippen LogP contribution in [0.25, 0.3) is 11.0 Å². The number of aryl methyl sites for hydroxylation is 1. The van der Waals surface area contributed by atoms with E-state index in [1.54, 1.807) is 0 Å². The maximum atomic E-state index is 12.1. The van der Waals surface area contributed by atoms with Crippen LogP contribution in [0.4, 0.5) is 4.79 Å². The first-order valence-corrected chi connectivity index (χ1v) is 7.12. The van der Waals surface area contributed by atoms with E-state index in [1.165, 1.54) is 6.42 Å². The number of amides is 2. The van der Waals surface area contributed by atoms with Crippen LogP contribution in [0.2, 0.25) is 0 Å². The monoisotopic (exact) mass is 273 g/mol. The van der Waals surface area contributed by atoms with Crippen LogP contribution < -0.4 is 5.32 Å². The number of carbonyl (C=O) groups is 1. The smallest absolute Gasteiger partial charge is 0.317 e. The van der Waals surface area contributed by atoms with E-state index in [2.05, 4.69) is 10.5 Å². The molecule has 1 aromatic heterocycles. The second kappa shape index (κ2) is 5.53. The van der Waals surface area contributed by atoms with E-state index in [4.69, 9.17) is 4.52 Å². The van der Waals surface area contributed by atoms with Crippen LogP contribution in [0.3, 0.4) is 0 Å². The predicted octanol–water partition coefficient (Wildman–Crippen LogP) is 2.83. The molecule has 1 saturated heterocycles. The van der Waals surface area contributed by atoms with Gasteiger partial charge in [0.15, 0.2) is 5.58 Å². The maximum Gasteiger partial charge on any atom is 0.317 e. The van der Waals surface area contributed by atoms with Gasteiger partial charge in [-0.15, -0.1) is 0 Å². The Bertz CT molecular complexity index is 615. The Kier molecular flexibility index (Phi) is 3.58. The van der Waals surface area contributed by atoms with Gasteiger partial charge in [-0.05, 0) is 38.3 Å². The summed E-state index contributed by atoms with van der Waals surface area (Å²) in [6.07, 6.45) is 3.41. The van der Waals surface area contributed by atoms with Crippen LogP contribution >= 0.6 is 0 Å². The molecule has 2 aromatic rings. The minimum absolute atomic E-state index is 0.00602. The van der Waals surface area contributed by atoms with Crippen molar-refractivity contribution in [3.8, 4) is 0 Å². The van der Waals surface area contributed by atoms with Crippen molar-refractivity contribution in [2.45, 2.75) is 32.7 Å². The van der Waals surface area contributed by atoms with Gasteiger partial charge < -0.3 is 14.7 Å². The highest BCUT2D eigenvalue weighted by molar-refractivity contribution is 5.81. The molecule has 0 spiro atoms. The predicted molar refractivity (Wildman–Crippen MR) is 76.4 cm³/mol. The molecule has 0 radical (unpaired) electrons. The topological polar surface area (TPSA) is 58.4 Å². The fourth-order valence-corrected chi connectivity index (χ4v) is 2.60. The molecule has 1 aliphatic rings. The molecule has 1 fully saturated rings. The number of benzene rings is 1. The van der Waals surface area contributed by atoms with Gasteiger partial charge in [-0.3, -0.25) is 0 Å². The average molecular weight is 273 g/mol. The van der Waals surface area contributed by atoms with Crippen LogP contribution in [-0.2, 0) is 6.54 Å². The third kappa shape index (κ3) is 2.61. The van der Waals surface area contributed by atoms with Gasteiger partial charge in [-0.25, -0.2) is 4.79 Å². The lowest BCUT2D eigenvalue weighted by molar-refractivity contribution is 0.186. The van der Waals surface area contributed by atoms with Gasteiger partial charge in [-0.2, -0.15) is 0 Å². The van der Waals surface area contributed by atoms with Gasteiger partial charge in [-0.1, -0.05) is 16.8 Å². The standard InChI is InChI=1S/C15H19N3O2/c1-11-5-6-14-12(9-11)13(17-20-14)10-16-15(19)18-7-3-2-4-8-18/h5-6,9H,2-4,7-8,10H2,1H3,(H,16,19). The van der Waals surface area contributed by atoms with Gasteiger partial charge in [0.05, 0.1) is 6.54 Å². The van der Waals surface area contributed by atoms with Crippen molar-refractivity contribution >= 4 is 17.0 Å². The van der Waals surface area contributed by atoms with Crippen LogP contribution in [0.1, 0.15) is 30.5 Å². The molecule has 2 heterocycles. The zero-order chi connectivity index (χ0) is 13.9. The van der Waals surface area contributed by atoms with Gasteiger partial charge in [0, 0.05) is 18.5 Å². The highest BCUT2D eigenvalue weighted by Crippen LogP contribution is 2.19. The molecule has 0 bridgehead atoms. The molecule has 0 saturated carbocycles. The first kappa shape index (κ1) is 13.0. The minimum atomic E-state index is -0.00602. The fraction of sp³-hybridized carbons (Fsp3) is 0.467. The van der Waals surface area contributed by atoms with E-state index in [-0.39, 0.29) is 6.03 Å². The number of hydrogen-bond donors (Lipinski definition) is 1. The molecule has 0 aliphatic carbocycles. The largest absolute Gasteiger partial charge is 0.356 e. The number of nitrogens with zero attached hydrogens (tertiary/aromatic N) is 2. The van der Waals surface area contributed by atoms with Crippen LogP contribution in [0.15, 0.2) is 22.7 Å². The van der Waals surface area contributed by atoms with Crippen molar-refractivity contribution in [3.05, 3.63) is 29.5 Å². The summed E-state index contributed by atoms with van der Waals surface area (Å²) in [5.41, 5.74) is 2.70. The quantitative estimate of drug-likeness (QED) is 0.915. The van der Waals surface area contributed by atoms with E-state index in [1.807, 2.05) is 30.0 Å². The molecular formula is C15H19N3O2. The van der Waals surface area contributed by atoms with Gasteiger partial charge in [0.25, 0.3) is 0 Å².